The van der Waals surface area contributed by atoms with Crippen molar-refractivity contribution in [3.05, 3.63) is 51.5 Å². The van der Waals surface area contributed by atoms with Gasteiger partial charge in [0.25, 0.3) is 0 Å². The van der Waals surface area contributed by atoms with E-state index in [9.17, 15) is 0 Å². The third-order valence-electron chi connectivity index (χ3n) is 7.00. The number of fused-ring (bicyclic) bond motifs is 1. The molecule has 0 amide bonds. The molecule has 5 heteroatoms. The molecule has 4 rings (SSSR count). The summed E-state index contributed by atoms with van der Waals surface area (Å²) in [7, 11) is 5.14. The molecule has 2 aromatic rings. The number of hydrogen-bond donors (Lipinski definition) is 0. The number of hydrogen-bond acceptors (Lipinski definition) is 4. The van der Waals surface area contributed by atoms with Gasteiger partial charge in [-0.05, 0) is 76.0 Å². The molecule has 31 heavy (non-hydrogen) atoms. The van der Waals surface area contributed by atoms with Crippen LogP contribution in [0.3, 0.4) is 0 Å². The molecule has 1 unspecified atom stereocenters. The maximum atomic E-state index is 5.70. The summed E-state index contributed by atoms with van der Waals surface area (Å²) < 4.78 is 17.8. The van der Waals surface area contributed by atoms with E-state index in [2.05, 4.69) is 51.2 Å². The molecule has 2 aliphatic rings. The van der Waals surface area contributed by atoms with E-state index < -0.39 is 0 Å². The van der Waals surface area contributed by atoms with Crippen LogP contribution in [0.15, 0.2) is 34.8 Å². The zero-order valence-corrected chi connectivity index (χ0v) is 20.5. The molecular formula is C26H34BrNO3. The molecule has 1 atom stereocenters. The second-order valence-corrected chi connectivity index (χ2v) is 9.63. The highest BCUT2D eigenvalue weighted by Crippen LogP contribution is 2.45. The van der Waals surface area contributed by atoms with Gasteiger partial charge in [-0.2, -0.15) is 0 Å². The number of nitrogens with zero attached hydrogens (tertiary/aromatic N) is 1. The predicted molar refractivity (Wildman–Crippen MR) is 129 cm³/mol. The van der Waals surface area contributed by atoms with Gasteiger partial charge in [-0.3, -0.25) is 0 Å². The molecule has 0 saturated heterocycles. The van der Waals surface area contributed by atoms with E-state index in [0.29, 0.717) is 0 Å². The summed E-state index contributed by atoms with van der Waals surface area (Å²) in [6, 6.07) is 10.8. The summed E-state index contributed by atoms with van der Waals surface area (Å²) in [6.07, 6.45) is 7.95. The first kappa shape index (κ1) is 22.5. The van der Waals surface area contributed by atoms with E-state index >= 15 is 0 Å². The quantitative estimate of drug-likeness (QED) is 0.496. The SMILES string of the molecule is COc1ccc(C2CN(CC3CCCCC3)CCc3c2cc(OC)c(OC)c3Br)cc1. The molecule has 0 spiro atoms. The molecule has 1 aliphatic carbocycles. The summed E-state index contributed by atoms with van der Waals surface area (Å²) in [5.41, 5.74) is 3.99. The topological polar surface area (TPSA) is 30.9 Å². The summed E-state index contributed by atoms with van der Waals surface area (Å²) in [6.45, 7) is 3.30. The van der Waals surface area contributed by atoms with Gasteiger partial charge >= 0.3 is 0 Å². The average Bonchev–Trinajstić information content (AvgIpc) is 2.99. The van der Waals surface area contributed by atoms with Gasteiger partial charge in [-0.15, -0.1) is 0 Å². The van der Waals surface area contributed by atoms with E-state index in [-0.39, 0.29) is 5.92 Å². The van der Waals surface area contributed by atoms with Crippen LogP contribution in [-0.4, -0.2) is 45.9 Å². The first-order chi connectivity index (χ1) is 15.1. The third kappa shape index (κ3) is 4.88. The number of benzene rings is 2. The Morgan fingerprint density at radius 2 is 1.71 bits per heavy atom. The molecule has 1 fully saturated rings. The van der Waals surface area contributed by atoms with Crippen LogP contribution in [0.1, 0.15) is 54.7 Å². The summed E-state index contributed by atoms with van der Waals surface area (Å²) in [4.78, 5) is 2.69. The highest BCUT2D eigenvalue weighted by Gasteiger charge is 2.30. The summed E-state index contributed by atoms with van der Waals surface area (Å²) in [5, 5.41) is 0. The Kier molecular flexibility index (Phi) is 7.44. The van der Waals surface area contributed by atoms with Crippen molar-refractivity contribution in [1.82, 2.24) is 4.90 Å². The molecule has 0 aromatic heterocycles. The van der Waals surface area contributed by atoms with E-state index in [0.717, 1.165) is 47.1 Å². The summed E-state index contributed by atoms with van der Waals surface area (Å²) >= 11 is 3.85. The van der Waals surface area contributed by atoms with Gasteiger partial charge in [-0.1, -0.05) is 31.4 Å². The second kappa shape index (κ2) is 10.3. The van der Waals surface area contributed by atoms with E-state index in [1.54, 1.807) is 21.3 Å². The maximum Gasteiger partial charge on any atom is 0.175 e. The monoisotopic (exact) mass is 487 g/mol. The van der Waals surface area contributed by atoms with Crippen LogP contribution in [0, 0.1) is 5.92 Å². The van der Waals surface area contributed by atoms with Gasteiger partial charge < -0.3 is 19.1 Å². The standard InChI is InChI=1S/C26H34BrNO3/c1-29-20-11-9-19(10-12-20)23-17-28(16-18-7-5-4-6-8-18)14-13-21-22(23)15-24(30-2)26(31-3)25(21)27/h9-12,15,18,23H,4-8,13-14,16-17H2,1-3H3. The van der Waals surface area contributed by atoms with Crippen molar-refractivity contribution in [2.75, 3.05) is 41.0 Å². The van der Waals surface area contributed by atoms with Gasteiger partial charge in [0.1, 0.15) is 5.75 Å². The molecule has 4 nitrogen and oxygen atoms in total. The largest absolute Gasteiger partial charge is 0.497 e. The fraction of sp³-hybridized carbons (Fsp3) is 0.538. The van der Waals surface area contributed by atoms with Crippen molar-refractivity contribution in [2.24, 2.45) is 5.92 Å². The molecule has 0 bridgehead atoms. The maximum absolute atomic E-state index is 5.70. The van der Waals surface area contributed by atoms with E-state index in [1.165, 1.54) is 55.3 Å². The zero-order chi connectivity index (χ0) is 21.8. The van der Waals surface area contributed by atoms with Gasteiger partial charge in [0.15, 0.2) is 11.5 Å². The zero-order valence-electron chi connectivity index (χ0n) is 19.0. The van der Waals surface area contributed by atoms with Crippen molar-refractivity contribution in [2.45, 2.75) is 44.4 Å². The lowest BCUT2D eigenvalue weighted by Crippen LogP contribution is -2.34. The van der Waals surface area contributed by atoms with Crippen LogP contribution in [0.25, 0.3) is 0 Å². The fourth-order valence-electron chi connectivity index (χ4n) is 5.31. The number of rotatable bonds is 6. The van der Waals surface area contributed by atoms with Crippen molar-refractivity contribution in [3.8, 4) is 17.2 Å². The van der Waals surface area contributed by atoms with Gasteiger partial charge in [0.2, 0.25) is 0 Å². The lowest BCUT2D eigenvalue weighted by Gasteiger charge is -2.31. The summed E-state index contributed by atoms with van der Waals surface area (Å²) in [5.74, 6) is 3.58. The fourth-order valence-corrected chi connectivity index (χ4v) is 6.10. The van der Waals surface area contributed by atoms with Gasteiger partial charge in [0, 0.05) is 25.6 Å². The molecule has 0 N–H and O–H groups in total. The average molecular weight is 488 g/mol. The molecule has 1 aliphatic heterocycles. The minimum Gasteiger partial charge on any atom is -0.497 e. The lowest BCUT2D eigenvalue weighted by atomic mass is 9.86. The van der Waals surface area contributed by atoms with Crippen molar-refractivity contribution < 1.29 is 14.2 Å². The smallest absolute Gasteiger partial charge is 0.175 e. The molecule has 2 aromatic carbocycles. The third-order valence-corrected chi connectivity index (χ3v) is 7.84. The molecule has 1 heterocycles. The minimum absolute atomic E-state index is 0.281. The molecular weight excluding hydrogens is 454 g/mol. The number of ether oxygens (including phenoxy) is 3. The van der Waals surface area contributed by atoms with Crippen molar-refractivity contribution >= 4 is 15.9 Å². The Labute approximate surface area is 195 Å². The van der Waals surface area contributed by atoms with Crippen LogP contribution in [-0.2, 0) is 6.42 Å². The molecule has 168 valence electrons. The Morgan fingerprint density at radius 3 is 2.35 bits per heavy atom. The number of methoxy groups -OCH3 is 3. The first-order valence-electron chi connectivity index (χ1n) is 11.4. The van der Waals surface area contributed by atoms with E-state index in [1.807, 2.05) is 0 Å². The Morgan fingerprint density at radius 1 is 0.968 bits per heavy atom. The van der Waals surface area contributed by atoms with Crippen molar-refractivity contribution in [3.63, 3.8) is 0 Å². The minimum atomic E-state index is 0.281. The Balaban J connectivity index is 1.72. The van der Waals surface area contributed by atoms with Gasteiger partial charge in [-0.25, -0.2) is 0 Å². The highest BCUT2D eigenvalue weighted by atomic mass is 79.9. The van der Waals surface area contributed by atoms with Crippen molar-refractivity contribution in [1.29, 1.82) is 0 Å². The second-order valence-electron chi connectivity index (χ2n) is 8.83. The van der Waals surface area contributed by atoms with Gasteiger partial charge in [0.05, 0.1) is 25.8 Å². The highest BCUT2D eigenvalue weighted by molar-refractivity contribution is 9.10. The van der Waals surface area contributed by atoms with Crippen LogP contribution >= 0.6 is 15.9 Å². The first-order valence-corrected chi connectivity index (χ1v) is 12.2. The predicted octanol–water partition coefficient (Wildman–Crippen LogP) is 6.05. The Bertz CT molecular complexity index is 877. The van der Waals surface area contributed by atoms with Crippen LogP contribution in [0.4, 0.5) is 0 Å². The molecule has 0 radical (unpaired) electrons. The van der Waals surface area contributed by atoms with E-state index in [4.69, 9.17) is 14.2 Å². The lowest BCUT2D eigenvalue weighted by molar-refractivity contribution is 0.202. The van der Waals surface area contributed by atoms with Crippen LogP contribution in [0.2, 0.25) is 0 Å². The van der Waals surface area contributed by atoms with Crippen LogP contribution in [0.5, 0.6) is 17.2 Å². The number of halogens is 1. The normalized spacial score (nSPS) is 20.1. The molecule has 1 saturated carbocycles. The Hall–Kier alpha value is -1.72. The van der Waals surface area contributed by atoms with Crippen LogP contribution < -0.4 is 14.2 Å².